The van der Waals surface area contributed by atoms with Gasteiger partial charge in [0.25, 0.3) is 0 Å². The molecule has 36 nitrogen and oxygen atoms in total. The summed E-state index contributed by atoms with van der Waals surface area (Å²) in [4.78, 5) is 29.6. The summed E-state index contributed by atoms with van der Waals surface area (Å²) in [6, 6.07) is 0. The summed E-state index contributed by atoms with van der Waals surface area (Å²) in [5.41, 5.74) is 0. The lowest BCUT2D eigenvalue weighted by atomic mass is 10.1. The van der Waals surface area contributed by atoms with Crippen molar-refractivity contribution in [1.29, 1.82) is 0 Å². The molecule has 0 unspecified atom stereocenters. The second-order valence-corrected chi connectivity index (χ2v) is 17.2. The van der Waals surface area contributed by atoms with Gasteiger partial charge in [0.15, 0.2) is 0 Å². The predicted octanol–water partition coefficient (Wildman–Crippen LogP) is -10.6. The molecule has 36 heteroatoms. The standard InChI is InChI=1S/C18H34O2.C4H6O4.10C3H8O3/c1-2-3-4-5-6-7-8-9-10-11-12-13-14-15-16-17-18(19)20;5-3(6)1-2-4(7)8;10*4-1-3(6)2-5/h9-10H,2-8,11-17H2,1H3,(H,19,20);1-2H2,(H,5,6)(H,7,8);10*3-6H,1-2H2. The number of aliphatic carboxylic acids is 3. The van der Waals surface area contributed by atoms with Gasteiger partial charge in [-0.1, -0.05) is 70.4 Å². The topological polar surface area (TPSA) is 719 Å². The molecule has 0 spiro atoms. The number of hydrogen-bond donors (Lipinski definition) is 33. The molecule has 0 bridgehead atoms. The zero-order valence-electron chi connectivity index (χ0n) is 50.9. The third kappa shape index (κ3) is 160. The third-order valence-electron chi connectivity index (χ3n) is 8.42. The molecule has 0 fully saturated rings. The Labute approximate surface area is 514 Å². The molecular weight excluding hydrogens is 1200 g/mol. The largest absolute Gasteiger partial charge is 0.481 e. The van der Waals surface area contributed by atoms with Crippen LogP contribution in [0.1, 0.15) is 110 Å². The predicted molar refractivity (Wildman–Crippen MR) is 313 cm³/mol. The number of allylic oxidation sites excluding steroid dienone is 2. The maximum Gasteiger partial charge on any atom is 0.303 e. The normalized spacial score (nSPS) is 10.1. The molecular formula is C52H120O36. The lowest BCUT2D eigenvalue weighted by Crippen LogP contribution is -2.15. The van der Waals surface area contributed by atoms with Gasteiger partial charge in [-0.15, -0.1) is 0 Å². The molecule has 0 rings (SSSR count). The van der Waals surface area contributed by atoms with Gasteiger partial charge in [0.1, 0.15) is 61.0 Å². The van der Waals surface area contributed by atoms with E-state index in [1.54, 1.807) is 0 Å². The van der Waals surface area contributed by atoms with Crippen LogP contribution in [0.15, 0.2) is 12.2 Å². The molecule has 0 saturated heterocycles. The van der Waals surface area contributed by atoms with Crippen LogP contribution in [0.2, 0.25) is 0 Å². The minimum Gasteiger partial charge on any atom is -0.481 e. The van der Waals surface area contributed by atoms with Crippen molar-refractivity contribution in [1.82, 2.24) is 0 Å². The lowest BCUT2D eigenvalue weighted by Gasteiger charge is -1.99. The highest BCUT2D eigenvalue weighted by Crippen LogP contribution is 2.10. The molecule has 0 aromatic carbocycles. The average Bonchev–Trinajstić information content (AvgIpc) is 3.56. The van der Waals surface area contributed by atoms with Crippen LogP contribution >= 0.6 is 0 Å². The Morgan fingerprint density at radius 1 is 0.227 bits per heavy atom. The Morgan fingerprint density at radius 3 is 0.489 bits per heavy atom. The van der Waals surface area contributed by atoms with Crippen molar-refractivity contribution in [3.8, 4) is 0 Å². The molecule has 544 valence electrons. The van der Waals surface area contributed by atoms with Crippen LogP contribution in [0.3, 0.4) is 0 Å². The van der Waals surface area contributed by atoms with Crippen LogP contribution in [0, 0.1) is 0 Å². The number of unbranched alkanes of at least 4 members (excludes halogenated alkanes) is 11. The SMILES string of the molecule is CCCCCCCCC=CCCCCCCCC(=O)O.O=C(O)CCC(=O)O.OCC(O)CO.OCC(O)CO.OCC(O)CO.OCC(O)CO.OCC(O)CO.OCC(O)CO.OCC(O)CO.OCC(O)CO.OCC(O)CO.OCC(O)CO. The molecule has 88 heavy (non-hydrogen) atoms. The maximum atomic E-state index is 10.3. The fourth-order valence-electron chi connectivity index (χ4n) is 3.14. The first-order valence-electron chi connectivity index (χ1n) is 27.8. The Morgan fingerprint density at radius 2 is 0.364 bits per heavy atom. The summed E-state index contributed by atoms with van der Waals surface area (Å²) >= 11 is 0. The molecule has 0 radical (unpaired) electrons. The summed E-state index contributed by atoms with van der Waals surface area (Å²) in [5.74, 6) is -2.82. The summed E-state index contributed by atoms with van der Waals surface area (Å²) in [6.45, 7) is -5.03. The fourth-order valence-corrected chi connectivity index (χ4v) is 3.14. The van der Waals surface area contributed by atoms with Gasteiger partial charge in [-0.2, -0.15) is 0 Å². The Kier molecular flexibility index (Phi) is 135. The number of hydrogen-bond acceptors (Lipinski definition) is 33. The smallest absolute Gasteiger partial charge is 0.303 e. The number of carbonyl (C=O) groups is 3. The van der Waals surface area contributed by atoms with Gasteiger partial charge in [-0.3, -0.25) is 14.4 Å². The first-order chi connectivity index (χ1) is 41.5. The van der Waals surface area contributed by atoms with E-state index in [2.05, 4.69) is 19.1 Å². The zero-order chi connectivity index (χ0) is 71.4. The highest BCUT2D eigenvalue weighted by Gasteiger charge is 2.02. The summed E-state index contributed by atoms with van der Waals surface area (Å²) in [7, 11) is 0. The van der Waals surface area contributed by atoms with Gasteiger partial charge >= 0.3 is 17.9 Å². The van der Waals surface area contributed by atoms with E-state index in [0.29, 0.717) is 6.42 Å². The van der Waals surface area contributed by atoms with E-state index in [-0.39, 0.29) is 145 Å². The second kappa shape index (κ2) is 106. The Balaban J connectivity index is -0.0000000742. The Bertz CT molecular complexity index is 1000. The van der Waals surface area contributed by atoms with Crippen molar-refractivity contribution in [2.24, 2.45) is 0 Å². The maximum absolute atomic E-state index is 10.3. The molecule has 0 aliphatic rings. The van der Waals surface area contributed by atoms with Crippen molar-refractivity contribution >= 4 is 17.9 Å². The Hall–Kier alpha value is -3.05. The van der Waals surface area contributed by atoms with Crippen LogP contribution in [0.25, 0.3) is 0 Å². The van der Waals surface area contributed by atoms with Gasteiger partial charge in [0, 0.05) is 6.42 Å². The molecule has 0 heterocycles. The van der Waals surface area contributed by atoms with Crippen LogP contribution in [0.5, 0.6) is 0 Å². The summed E-state index contributed by atoms with van der Waals surface area (Å²) in [6.07, 6.45) is 11.1. The number of rotatable bonds is 38. The lowest BCUT2D eigenvalue weighted by molar-refractivity contribution is -0.143. The van der Waals surface area contributed by atoms with E-state index < -0.39 is 78.9 Å². The van der Waals surface area contributed by atoms with Gasteiger partial charge in [-0.05, 0) is 32.1 Å². The van der Waals surface area contributed by atoms with Crippen LogP contribution in [-0.4, -0.2) is 380 Å². The second-order valence-electron chi connectivity index (χ2n) is 17.2. The van der Waals surface area contributed by atoms with Crippen LogP contribution in [-0.2, 0) is 14.4 Å². The van der Waals surface area contributed by atoms with Crippen molar-refractivity contribution in [3.63, 3.8) is 0 Å². The van der Waals surface area contributed by atoms with E-state index in [0.717, 1.165) is 12.8 Å². The van der Waals surface area contributed by atoms with Crippen LogP contribution < -0.4 is 0 Å². The number of aliphatic hydroxyl groups excluding tert-OH is 30. The first-order valence-corrected chi connectivity index (χ1v) is 27.8. The van der Waals surface area contributed by atoms with E-state index in [9.17, 15) is 14.4 Å². The monoisotopic (exact) mass is 1320 g/mol. The molecule has 0 atom stereocenters. The average molecular weight is 1320 g/mol. The number of carboxylic acids is 3. The van der Waals surface area contributed by atoms with Crippen molar-refractivity contribution in [3.05, 3.63) is 12.2 Å². The number of aliphatic hydroxyl groups is 30. The third-order valence-corrected chi connectivity index (χ3v) is 8.42. The number of carboxylic acid groups (broad SMARTS) is 3. The summed E-state index contributed by atoms with van der Waals surface area (Å²) < 4.78 is 0. The van der Waals surface area contributed by atoms with E-state index in [1.165, 1.54) is 70.6 Å². The van der Waals surface area contributed by atoms with Gasteiger partial charge in [-0.25, -0.2) is 0 Å². The van der Waals surface area contributed by atoms with Crippen molar-refractivity contribution in [2.45, 2.75) is 171 Å². The van der Waals surface area contributed by atoms with Crippen molar-refractivity contribution in [2.75, 3.05) is 132 Å². The molecule has 0 aromatic rings. The first kappa shape index (κ1) is 113. The van der Waals surface area contributed by atoms with Gasteiger partial charge < -0.3 is 169 Å². The quantitative estimate of drug-likeness (QED) is 0.0202. The molecule has 0 saturated carbocycles. The minimum absolute atomic E-state index is 0.296. The summed E-state index contributed by atoms with van der Waals surface area (Å²) in [5, 5.41) is 264. The van der Waals surface area contributed by atoms with E-state index in [4.69, 9.17) is 169 Å². The highest BCUT2D eigenvalue weighted by molar-refractivity contribution is 5.75. The van der Waals surface area contributed by atoms with Crippen molar-refractivity contribution < 1.29 is 183 Å². The molecule has 0 aliphatic carbocycles. The van der Waals surface area contributed by atoms with Gasteiger partial charge in [0.05, 0.1) is 145 Å². The fraction of sp³-hybridized carbons (Fsp3) is 0.904. The van der Waals surface area contributed by atoms with Crippen LogP contribution in [0.4, 0.5) is 0 Å². The molecule has 0 aromatic heterocycles. The minimum atomic E-state index is -1.08. The molecule has 0 amide bonds. The zero-order valence-corrected chi connectivity index (χ0v) is 50.9. The molecule has 33 N–H and O–H groups in total. The molecule has 0 aliphatic heterocycles. The van der Waals surface area contributed by atoms with E-state index in [1.807, 2.05) is 0 Å². The van der Waals surface area contributed by atoms with E-state index >= 15 is 0 Å². The van der Waals surface area contributed by atoms with Gasteiger partial charge in [0.2, 0.25) is 0 Å². The highest BCUT2D eigenvalue weighted by atomic mass is 16.4.